The van der Waals surface area contributed by atoms with E-state index in [1.807, 2.05) is 31.2 Å². The van der Waals surface area contributed by atoms with E-state index in [0.717, 1.165) is 11.1 Å². The van der Waals surface area contributed by atoms with Gasteiger partial charge in [0.05, 0.1) is 4.90 Å². The number of amides is 1. The van der Waals surface area contributed by atoms with Crippen molar-refractivity contribution in [1.82, 2.24) is 5.32 Å². The van der Waals surface area contributed by atoms with Crippen LogP contribution in [0.3, 0.4) is 0 Å². The normalized spacial score (nSPS) is 11.1. The lowest BCUT2D eigenvalue weighted by Crippen LogP contribution is -2.23. The van der Waals surface area contributed by atoms with Gasteiger partial charge in [-0.05, 0) is 54.4 Å². The van der Waals surface area contributed by atoms with Crippen LogP contribution in [0.25, 0.3) is 0 Å². The lowest BCUT2D eigenvalue weighted by Gasteiger charge is -2.11. The lowest BCUT2D eigenvalue weighted by atomic mass is 10.2. The molecule has 0 saturated carbocycles. The molecule has 2 N–H and O–H groups in total. The number of aryl methyl sites for hydroxylation is 1. The first kappa shape index (κ1) is 19.9. The summed E-state index contributed by atoms with van der Waals surface area (Å²) in [4.78, 5) is 12.5. The van der Waals surface area contributed by atoms with Gasteiger partial charge in [0.25, 0.3) is 15.9 Å². The predicted molar refractivity (Wildman–Crippen MR) is 111 cm³/mol. The molecule has 0 aliphatic heterocycles. The summed E-state index contributed by atoms with van der Waals surface area (Å²) in [6.07, 6.45) is 0. The number of rotatable bonds is 6. The summed E-state index contributed by atoms with van der Waals surface area (Å²) < 4.78 is 27.8. The van der Waals surface area contributed by atoms with Gasteiger partial charge in [-0.2, -0.15) is 0 Å². The van der Waals surface area contributed by atoms with Crippen molar-refractivity contribution in [3.63, 3.8) is 0 Å². The second-order valence-corrected chi connectivity index (χ2v) is 8.37. The minimum atomic E-state index is -3.81. The Bertz CT molecular complexity index is 1110. The van der Waals surface area contributed by atoms with Crippen molar-refractivity contribution in [1.29, 1.82) is 0 Å². The summed E-state index contributed by atoms with van der Waals surface area (Å²) in [7, 11) is -3.81. The van der Waals surface area contributed by atoms with Crippen LogP contribution in [-0.4, -0.2) is 14.3 Å². The van der Waals surface area contributed by atoms with Gasteiger partial charge in [-0.25, -0.2) is 8.42 Å². The van der Waals surface area contributed by atoms with E-state index in [-0.39, 0.29) is 22.9 Å². The summed E-state index contributed by atoms with van der Waals surface area (Å²) >= 11 is 6.09. The van der Waals surface area contributed by atoms with E-state index in [2.05, 4.69) is 10.0 Å². The van der Waals surface area contributed by atoms with Crippen LogP contribution < -0.4 is 10.0 Å². The summed E-state index contributed by atoms with van der Waals surface area (Å²) in [6, 6.07) is 20.1. The van der Waals surface area contributed by atoms with Crippen LogP contribution in [-0.2, 0) is 16.6 Å². The van der Waals surface area contributed by atoms with Crippen LogP contribution in [0.2, 0.25) is 5.02 Å². The van der Waals surface area contributed by atoms with Gasteiger partial charge < -0.3 is 5.32 Å². The Labute approximate surface area is 169 Å². The minimum absolute atomic E-state index is 0.0133. The fourth-order valence-electron chi connectivity index (χ4n) is 2.65. The standard InChI is InChI=1S/C21H19ClN2O3S/c1-15-6-4-9-18(12-15)24-28(26,27)19-10-5-8-16(13-19)21(25)23-14-17-7-2-3-11-20(17)22/h2-13,24H,14H2,1H3,(H,23,25). The maximum absolute atomic E-state index is 12.7. The third-order valence-corrected chi connectivity index (χ3v) is 5.82. The quantitative estimate of drug-likeness (QED) is 0.628. The van der Waals surface area contributed by atoms with Crippen LogP contribution in [0, 0.1) is 6.92 Å². The molecule has 0 aliphatic carbocycles. The van der Waals surface area contributed by atoms with Crippen molar-refractivity contribution < 1.29 is 13.2 Å². The Morgan fingerprint density at radius 1 is 0.964 bits per heavy atom. The van der Waals surface area contributed by atoms with Crippen molar-refractivity contribution in [3.8, 4) is 0 Å². The molecular formula is C21H19ClN2O3S. The molecule has 0 heterocycles. The maximum Gasteiger partial charge on any atom is 0.261 e. The molecule has 0 radical (unpaired) electrons. The molecule has 0 atom stereocenters. The third kappa shape index (κ3) is 4.91. The Morgan fingerprint density at radius 2 is 1.71 bits per heavy atom. The zero-order valence-corrected chi connectivity index (χ0v) is 16.7. The van der Waals surface area contributed by atoms with Crippen LogP contribution >= 0.6 is 11.6 Å². The van der Waals surface area contributed by atoms with E-state index in [1.165, 1.54) is 18.2 Å². The molecule has 0 aliphatic rings. The molecule has 0 saturated heterocycles. The monoisotopic (exact) mass is 414 g/mol. The zero-order chi connectivity index (χ0) is 20.1. The smallest absolute Gasteiger partial charge is 0.261 e. The number of halogens is 1. The van der Waals surface area contributed by atoms with Gasteiger partial charge in [0, 0.05) is 22.8 Å². The molecule has 0 aromatic heterocycles. The molecule has 3 aromatic rings. The van der Waals surface area contributed by atoms with E-state index in [1.54, 1.807) is 30.3 Å². The first-order valence-electron chi connectivity index (χ1n) is 8.56. The first-order chi connectivity index (χ1) is 13.3. The number of carbonyl (C=O) groups is 1. The van der Waals surface area contributed by atoms with Gasteiger partial charge in [-0.3, -0.25) is 9.52 Å². The molecule has 144 valence electrons. The molecule has 3 aromatic carbocycles. The van der Waals surface area contributed by atoms with Gasteiger partial charge >= 0.3 is 0 Å². The van der Waals surface area contributed by atoms with Crippen LogP contribution in [0.5, 0.6) is 0 Å². The summed E-state index contributed by atoms with van der Waals surface area (Å²) in [6.45, 7) is 2.12. The van der Waals surface area contributed by atoms with E-state index in [4.69, 9.17) is 11.6 Å². The van der Waals surface area contributed by atoms with Gasteiger partial charge in [-0.1, -0.05) is 48.0 Å². The minimum Gasteiger partial charge on any atom is -0.348 e. The predicted octanol–water partition coefficient (Wildman–Crippen LogP) is 4.38. The van der Waals surface area contributed by atoms with Gasteiger partial charge in [0.1, 0.15) is 0 Å². The van der Waals surface area contributed by atoms with Gasteiger partial charge in [0.2, 0.25) is 0 Å². The van der Waals surface area contributed by atoms with Crippen molar-refractivity contribution >= 4 is 33.2 Å². The van der Waals surface area contributed by atoms with Crippen LogP contribution in [0.4, 0.5) is 5.69 Å². The molecule has 28 heavy (non-hydrogen) atoms. The number of anilines is 1. The summed E-state index contributed by atoms with van der Waals surface area (Å²) in [5, 5.41) is 3.31. The van der Waals surface area contributed by atoms with Crippen molar-refractivity contribution in [2.45, 2.75) is 18.4 Å². The first-order valence-corrected chi connectivity index (χ1v) is 10.4. The highest BCUT2D eigenvalue weighted by atomic mass is 35.5. The Balaban J connectivity index is 1.75. The third-order valence-electron chi connectivity index (χ3n) is 4.07. The summed E-state index contributed by atoms with van der Waals surface area (Å²) in [5.74, 6) is -0.382. The zero-order valence-electron chi connectivity index (χ0n) is 15.1. The molecule has 1 amide bonds. The number of benzene rings is 3. The number of nitrogens with one attached hydrogen (secondary N) is 2. The summed E-state index contributed by atoms with van der Waals surface area (Å²) in [5.41, 5.74) is 2.43. The fraction of sp³-hybridized carbons (Fsp3) is 0.0952. The largest absolute Gasteiger partial charge is 0.348 e. The molecule has 0 bridgehead atoms. The second-order valence-electron chi connectivity index (χ2n) is 6.28. The number of carbonyl (C=O) groups excluding carboxylic acids is 1. The molecule has 0 unspecified atom stereocenters. The Kier molecular flexibility index (Phi) is 6.02. The highest BCUT2D eigenvalue weighted by molar-refractivity contribution is 7.92. The lowest BCUT2D eigenvalue weighted by molar-refractivity contribution is 0.0950. The average molecular weight is 415 g/mol. The number of hydrogen-bond acceptors (Lipinski definition) is 3. The Morgan fingerprint density at radius 3 is 2.46 bits per heavy atom. The second kappa shape index (κ2) is 8.46. The van der Waals surface area contributed by atoms with E-state index in [9.17, 15) is 13.2 Å². The Hall–Kier alpha value is -2.83. The van der Waals surface area contributed by atoms with Gasteiger partial charge in [0.15, 0.2) is 0 Å². The highest BCUT2D eigenvalue weighted by Gasteiger charge is 2.16. The molecule has 0 fully saturated rings. The molecule has 0 spiro atoms. The molecule has 5 nitrogen and oxygen atoms in total. The van der Waals surface area contributed by atoms with E-state index < -0.39 is 10.0 Å². The van der Waals surface area contributed by atoms with Crippen LogP contribution in [0.1, 0.15) is 21.5 Å². The highest BCUT2D eigenvalue weighted by Crippen LogP contribution is 2.19. The van der Waals surface area contributed by atoms with Crippen molar-refractivity contribution in [2.24, 2.45) is 0 Å². The molecule has 7 heteroatoms. The van der Waals surface area contributed by atoms with E-state index >= 15 is 0 Å². The molecule has 3 rings (SSSR count). The number of sulfonamides is 1. The average Bonchev–Trinajstić information content (AvgIpc) is 2.67. The molecular weight excluding hydrogens is 396 g/mol. The van der Waals surface area contributed by atoms with Crippen molar-refractivity contribution in [2.75, 3.05) is 4.72 Å². The van der Waals surface area contributed by atoms with Crippen LogP contribution in [0.15, 0.2) is 77.7 Å². The van der Waals surface area contributed by atoms with Gasteiger partial charge in [-0.15, -0.1) is 0 Å². The van der Waals surface area contributed by atoms with Crippen molar-refractivity contribution in [3.05, 3.63) is 94.5 Å². The maximum atomic E-state index is 12.7. The fourth-order valence-corrected chi connectivity index (χ4v) is 3.94. The number of hydrogen-bond donors (Lipinski definition) is 2. The topological polar surface area (TPSA) is 75.3 Å². The SMILES string of the molecule is Cc1cccc(NS(=O)(=O)c2cccc(C(=O)NCc3ccccc3Cl)c2)c1. The van der Waals surface area contributed by atoms with E-state index in [0.29, 0.717) is 10.7 Å².